The fourth-order valence-corrected chi connectivity index (χ4v) is 2.10. The number of hydrogen-bond donors (Lipinski definition) is 1. The maximum absolute atomic E-state index is 12.0. The number of carbonyl (C=O) groups is 2. The Kier molecular flexibility index (Phi) is 3.82. The van der Waals surface area contributed by atoms with Gasteiger partial charge in [-0.15, -0.1) is 0 Å². The molecule has 18 heavy (non-hydrogen) atoms. The van der Waals surface area contributed by atoms with Crippen molar-refractivity contribution in [1.29, 1.82) is 0 Å². The van der Waals surface area contributed by atoms with Crippen LogP contribution in [0.5, 0.6) is 0 Å². The van der Waals surface area contributed by atoms with Gasteiger partial charge in [-0.1, -0.05) is 11.6 Å². The first-order chi connectivity index (χ1) is 8.58. The van der Waals surface area contributed by atoms with Crippen molar-refractivity contribution >= 4 is 23.2 Å². The highest BCUT2D eigenvalue weighted by atomic mass is 35.5. The average molecular weight is 265 g/mol. The molecule has 0 bridgehead atoms. The Morgan fingerprint density at radius 3 is 2.50 bits per heavy atom. The van der Waals surface area contributed by atoms with Crippen LogP contribution < -0.4 is 0 Å². The lowest BCUT2D eigenvalue weighted by Crippen LogP contribution is -2.15. The van der Waals surface area contributed by atoms with E-state index in [0.717, 1.165) is 0 Å². The normalized spacial score (nSPS) is 15.9. The summed E-state index contributed by atoms with van der Waals surface area (Å²) in [5, 5.41) is 10.2. The van der Waals surface area contributed by atoms with E-state index in [1.165, 1.54) is 0 Å². The quantitative estimate of drug-likeness (QED) is 0.851. The summed E-state index contributed by atoms with van der Waals surface area (Å²) in [6.07, 6.45) is 1.51. The highest BCUT2D eigenvalue weighted by Crippen LogP contribution is 2.24. The van der Waals surface area contributed by atoms with Crippen LogP contribution in [0.4, 0.5) is 0 Å². The number of hydrogen-bond acceptors (Lipinski definition) is 3. The van der Waals surface area contributed by atoms with Gasteiger partial charge in [-0.2, -0.15) is 0 Å². The van der Waals surface area contributed by atoms with E-state index in [1.54, 1.807) is 24.3 Å². The Balaban J connectivity index is 2.16. The van der Waals surface area contributed by atoms with E-state index in [9.17, 15) is 14.7 Å². The number of ketones is 2. The molecule has 0 saturated heterocycles. The minimum absolute atomic E-state index is 0.0354. The average Bonchev–Trinajstić information content (AvgIpc) is 2.34. The number of aliphatic hydroxyl groups is 1. The van der Waals surface area contributed by atoms with E-state index in [0.29, 0.717) is 29.8 Å². The summed E-state index contributed by atoms with van der Waals surface area (Å²) in [6.45, 7) is 0. The van der Waals surface area contributed by atoms with Crippen molar-refractivity contribution < 1.29 is 14.7 Å². The molecule has 1 aromatic rings. The molecule has 0 spiro atoms. The Labute approximate surface area is 110 Å². The van der Waals surface area contributed by atoms with Gasteiger partial charge in [-0.3, -0.25) is 9.59 Å². The Morgan fingerprint density at radius 1 is 1.22 bits per heavy atom. The summed E-state index contributed by atoms with van der Waals surface area (Å²) in [6, 6.07) is 6.50. The van der Waals surface area contributed by atoms with E-state index >= 15 is 0 Å². The van der Waals surface area contributed by atoms with E-state index in [4.69, 9.17) is 11.6 Å². The lowest BCUT2D eigenvalue weighted by molar-refractivity contribution is -0.116. The molecule has 0 amide bonds. The fourth-order valence-electron chi connectivity index (χ4n) is 1.98. The summed E-state index contributed by atoms with van der Waals surface area (Å²) < 4.78 is 0. The minimum Gasteiger partial charge on any atom is -0.512 e. The first-order valence-electron chi connectivity index (χ1n) is 5.81. The Hall–Kier alpha value is -1.61. The van der Waals surface area contributed by atoms with Crippen molar-refractivity contribution in [3.8, 4) is 0 Å². The number of halogens is 1. The van der Waals surface area contributed by atoms with E-state index < -0.39 is 0 Å². The van der Waals surface area contributed by atoms with Gasteiger partial charge in [-0.25, -0.2) is 0 Å². The van der Waals surface area contributed by atoms with Gasteiger partial charge < -0.3 is 5.11 Å². The second kappa shape index (κ2) is 5.36. The third kappa shape index (κ3) is 2.79. The highest BCUT2D eigenvalue weighted by Gasteiger charge is 2.22. The van der Waals surface area contributed by atoms with Gasteiger partial charge in [0.15, 0.2) is 11.6 Å². The van der Waals surface area contributed by atoms with Gasteiger partial charge in [0.1, 0.15) is 0 Å². The van der Waals surface area contributed by atoms with Crippen LogP contribution in [0.25, 0.3) is 0 Å². The first kappa shape index (κ1) is 12.8. The molecule has 0 heterocycles. The molecular weight excluding hydrogens is 252 g/mol. The molecule has 0 aliphatic heterocycles. The molecule has 0 saturated carbocycles. The molecule has 1 aliphatic rings. The molecule has 1 N–H and O–H groups in total. The van der Waals surface area contributed by atoms with Crippen LogP contribution in [0.2, 0.25) is 5.02 Å². The van der Waals surface area contributed by atoms with Gasteiger partial charge in [0.05, 0.1) is 5.76 Å². The third-order valence-electron chi connectivity index (χ3n) is 3.01. The highest BCUT2D eigenvalue weighted by molar-refractivity contribution is 6.30. The predicted octanol–water partition coefficient (Wildman–Crippen LogP) is 3.48. The smallest absolute Gasteiger partial charge is 0.167 e. The molecule has 1 aliphatic carbocycles. The molecular formula is C14H13ClO3. The zero-order valence-electron chi connectivity index (χ0n) is 9.78. The molecule has 94 valence electrons. The van der Waals surface area contributed by atoms with Crippen LogP contribution in [0.3, 0.4) is 0 Å². The van der Waals surface area contributed by atoms with Gasteiger partial charge in [0, 0.05) is 35.4 Å². The summed E-state index contributed by atoms with van der Waals surface area (Å²) in [7, 11) is 0. The van der Waals surface area contributed by atoms with Gasteiger partial charge in [0.2, 0.25) is 0 Å². The zero-order valence-corrected chi connectivity index (χ0v) is 10.5. The van der Waals surface area contributed by atoms with Crippen molar-refractivity contribution in [2.45, 2.75) is 25.7 Å². The summed E-state index contributed by atoms with van der Waals surface area (Å²) in [5.74, 6) is -0.238. The largest absolute Gasteiger partial charge is 0.512 e. The molecule has 0 aromatic heterocycles. The first-order valence-corrected chi connectivity index (χ1v) is 6.18. The monoisotopic (exact) mass is 264 g/mol. The summed E-state index contributed by atoms with van der Waals surface area (Å²) in [4.78, 5) is 23.6. The number of Topliss-reactive ketones (excluding diaryl/α,β-unsaturated/α-hetero) is 2. The van der Waals surface area contributed by atoms with Crippen LogP contribution in [-0.2, 0) is 4.79 Å². The minimum atomic E-state index is -0.177. The topological polar surface area (TPSA) is 54.4 Å². The molecule has 2 rings (SSSR count). The number of aliphatic hydroxyl groups excluding tert-OH is 1. The molecule has 0 fully saturated rings. The standard InChI is InChI=1S/C14H13ClO3/c15-10-6-4-9(5-7-10)14(18)8-11-12(16)2-1-3-13(11)17/h4-7,16H,1-3,8H2. The number of carbonyl (C=O) groups excluding carboxylic acids is 2. The molecule has 0 atom stereocenters. The van der Waals surface area contributed by atoms with Gasteiger partial charge >= 0.3 is 0 Å². The maximum Gasteiger partial charge on any atom is 0.167 e. The molecule has 4 heteroatoms. The lowest BCUT2D eigenvalue weighted by Gasteiger charge is -2.14. The molecule has 1 aromatic carbocycles. The number of rotatable bonds is 3. The van der Waals surface area contributed by atoms with Crippen molar-refractivity contribution in [3.05, 3.63) is 46.2 Å². The van der Waals surface area contributed by atoms with Gasteiger partial charge in [0.25, 0.3) is 0 Å². The molecule has 0 radical (unpaired) electrons. The van der Waals surface area contributed by atoms with Gasteiger partial charge in [-0.05, 0) is 30.7 Å². The summed E-state index contributed by atoms with van der Waals surface area (Å²) in [5.41, 5.74) is 0.763. The second-order valence-corrected chi connectivity index (χ2v) is 4.75. The van der Waals surface area contributed by atoms with Crippen molar-refractivity contribution in [2.75, 3.05) is 0 Å². The van der Waals surface area contributed by atoms with Crippen LogP contribution in [0.1, 0.15) is 36.0 Å². The van der Waals surface area contributed by atoms with Crippen molar-refractivity contribution in [3.63, 3.8) is 0 Å². The number of allylic oxidation sites excluding steroid dienone is 2. The zero-order chi connectivity index (χ0) is 13.1. The fraction of sp³-hybridized carbons (Fsp3) is 0.286. The van der Waals surface area contributed by atoms with E-state index in [1.807, 2.05) is 0 Å². The maximum atomic E-state index is 12.0. The van der Waals surface area contributed by atoms with Crippen LogP contribution in [0.15, 0.2) is 35.6 Å². The van der Waals surface area contributed by atoms with Crippen molar-refractivity contribution in [1.82, 2.24) is 0 Å². The second-order valence-electron chi connectivity index (χ2n) is 4.31. The van der Waals surface area contributed by atoms with E-state index in [2.05, 4.69) is 0 Å². The Bertz CT molecular complexity index is 514. The third-order valence-corrected chi connectivity index (χ3v) is 3.26. The van der Waals surface area contributed by atoms with Crippen LogP contribution >= 0.6 is 11.6 Å². The molecule has 3 nitrogen and oxygen atoms in total. The number of benzene rings is 1. The van der Waals surface area contributed by atoms with Crippen LogP contribution in [0, 0.1) is 0 Å². The van der Waals surface area contributed by atoms with E-state index in [-0.39, 0.29) is 29.3 Å². The molecule has 0 unspecified atom stereocenters. The Morgan fingerprint density at radius 2 is 1.89 bits per heavy atom. The summed E-state index contributed by atoms with van der Waals surface area (Å²) >= 11 is 5.74. The SMILES string of the molecule is O=C1CCCC(O)=C1CC(=O)c1ccc(Cl)cc1. The lowest BCUT2D eigenvalue weighted by atomic mass is 9.91. The van der Waals surface area contributed by atoms with Crippen molar-refractivity contribution in [2.24, 2.45) is 0 Å². The van der Waals surface area contributed by atoms with Crippen LogP contribution in [-0.4, -0.2) is 16.7 Å². The predicted molar refractivity (Wildman–Crippen MR) is 68.9 cm³/mol.